The van der Waals surface area contributed by atoms with Crippen molar-refractivity contribution >= 4 is 5.97 Å². The predicted octanol–water partition coefficient (Wildman–Crippen LogP) is -3.35. The fraction of sp³-hybridized carbons (Fsp3) is 0.688. The van der Waals surface area contributed by atoms with Gasteiger partial charge in [0, 0.05) is 5.92 Å². The van der Waals surface area contributed by atoms with Gasteiger partial charge in [-0.2, -0.15) is 0 Å². The van der Waals surface area contributed by atoms with Crippen molar-refractivity contribution in [2.75, 3.05) is 13.2 Å². The fourth-order valence-corrected chi connectivity index (χ4v) is 3.60. The average Bonchev–Trinajstić information content (AvgIpc) is 3.01. The minimum absolute atomic E-state index is 0.158. The second kappa shape index (κ2) is 7.45. The Hall–Kier alpha value is -1.57. The molecule has 9 atom stereocenters. The quantitative estimate of drug-likeness (QED) is 0.233. The smallest absolute Gasteiger partial charge is 0.335 e. The Morgan fingerprint density at radius 2 is 1.85 bits per heavy atom. The van der Waals surface area contributed by atoms with Crippen LogP contribution >= 0.6 is 0 Å². The van der Waals surface area contributed by atoms with E-state index in [-0.39, 0.29) is 5.57 Å². The van der Waals surface area contributed by atoms with Gasteiger partial charge in [0.15, 0.2) is 6.29 Å². The van der Waals surface area contributed by atoms with E-state index in [2.05, 4.69) is 0 Å². The number of fused-ring (bicyclic) bond motifs is 1. The molecule has 1 aliphatic carbocycles. The number of aliphatic hydroxyl groups excluding tert-OH is 5. The Kier molecular flexibility index (Phi) is 5.57. The van der Waals surface area contributed by atoms with Crippen LogP contribution in [0.3, 0.4) is 0 Å². The Labute approximate surface area is 153 Å². The van der Waals surface area contributed by atoms with Gasteiger partial charge in [-0.05, 0) is 0 Å². The summed E-state index contributed by atoms with van der Waals surface area (Å²) in [7, 11) is 0. The highest BCUT2D eigenvalue weighted by atomic mass is 16.8. The molecule has 0 amide bonds. The molecule has 0 aromatic carbocycles. The lowest BCUT2D eigenvalue weighted by atomic mass is 9.79. The minimum Gasteiger partial charge on any atom is -0.478 e. The lowest BCUT2D eigenvalue weighted by Crippen LogP contribution is -2.61. The van der Waals surface area contributed by atoms with Crippen LogP contribution in [0.1, 0.15) is 0 Å². The van der Waals surface area contributed by atoms with Crippen LogP contribution in [0.4, 0.5) is 0 Å². The normalized spacial score (nSPS) is 46.5. The molecule has 0 unspecified atom stereocenters. The van der Waals surface area contributed by atoms with Gasteiger partial charge in [-0.15, -0.1) is 0 Å². The maximum Gasteiger partial charge on any atom is 0.335 e. The van der Waals surface area contributed by atoms with E-state index in [9.17, 15) is 40.5 Å². The van der Waals surface area contributed by atoms with Crippen molar-refractivity contribution in [3.63, 3.8) is 0 Å². The zero-order valence-corrected chi connectivity index (χ0v) is 14.0. The number of aliphatic hydroxyl groups is 6. The third-order valence-corrected chi connectivity index (χ3v) is 5.15. The van der Waals surface area contributed by atoms with Crippen LogP contribution < -0.4 is 0 Å². The van der Waals surface area contributed by atoms with Gasteiger partial charge >= 0.3 is 5.97 Å². The van der Waals surface area contributed by atoms with Crippen molar-refractivity contribution in [3.8, 4) is 0 Å². The maximum atomic E-state index is 11.4. The fourth-order valence-electron chi connectivity index (χ4n) is 3.60. The lowest BCUT2D eigenvalue weighted by Gasteiger charge is -2.44. The van der Waals surface area contributed by atoms with E-state index >= 15 is 0 Å². The Morgan fingerprint density at radius 1 is 1.15 bits per heavy atom. The van der Waals surface area contributed by atoms with Gasteiger partial charge in [0.2, 0.25) is 6.29 Å². The van der Waals surface area contributed by atoms with Crippen LogP contribution in [-0.4, -0.2) is 97.5 Å². The molecule has 0 spiro atoms. The standard InChI is InChI=1S/C16H22O11/c17-3-8-10(19)11(20)12(21)15(26-8)27-14-9-6(1-2-16(9,24)5-18)7(4-25-14)13(22)23/h1-2,4,6,8-12,14-15,17-21,24H,3,5H2,(H,22,23)/t6-,8-,9-,10+,11+,12+,14+,15+,16-/m0/s1. The van der Waals surface area contributed by atoms with Gasteiger partial charge in [-0.25, -0.2) is 4.79 Å². The number of aliphatic carboxylic acids is 1. The molecule has 11 nitrogen and oxygen atoms in total. The first-order valence-corrected chi connectivity index (χ1v) is 8.31. The van der Waals surface area contributed by atoms with E-state index < -0.39 is 73.6 Å². The highest BCUT2D eigenvalue weighted by Gasteiger charge is 2.55. The summed E-state index contributed by atoms with van der Waals surface area (Å²) in [5.41, 5.74) is -2.01. The van der Waals surface area contributed by atoms with E-state index in [0.29, 0.717) is 0 Å². The van der Waals surface area contributed by atoms with Gasteiger partial charge in [0.1, 0.15) is 30.0 Å². The van der Waals surface area contributed by atoms with Crippen molar-refractivity contribution in [1.29, 1.82) is 0 Å². The largest absolute Gasteiger partial charge is 0.478 e. The first-order valence-electron chi connectivity index (χ1n) is 8.31. The molecule has 2 aliphatic heterocycles. The summed E-state index contributed by atoms with van der Waals surface area (Å²) in [6.07, 6.45) is -5.48. The van der Waals surface area contributed by atoms with Crippen LogP contribution in [0.25, 0.3) is 0 Å². The van der Waals surface area contributed by atoms with Crippen LogP contribution in [0.2, 0.25) is 0 Å². The molecule has 1 saturated heterocycles. The molecule has 0 radical (unpaired) electrons. The molecule has 11 heteroatoms. The third kappa shape index (κ3) is 3.37. The van der Waals surface area contributed by atoms with E-state index in [1.807, 2.05) is 0 Å². The molecule has 2 heterocycles. The maximum absolute atomic E-state index is 11.4. The van der Waals surface area contributed by atoms with E-state index in [1.54, 1.807) is 0 Å². The van der Waals surface area contributed by atoms with Gasteiger partial charge < -0.3 is 50.0 Å². The van der Waals surface area contributed by atoms with Crippen LogP contribution in [0.15, 0.2) is 24.0 Å². The zero-order chi connectivity index (χ0) is 19.9. The number of carboxylic acids is 1. The molecule has 3 rings (SSSR count). The van der Waals surface area contributed by atoms with Crippen molar-refractivity contribution in [2.24, 2.45) is 11.8 Å². The molecule has 7 N–H and O–H groups in total. The Morgan fingerprint density at radius 3 is 2.44 bits per heavy atom. The molecular weight excluding hydrogens is 368 g/mol. The zero-order valence-electron chi connectivity index (χ0n) is 14.0. The number of carbonyl (C=O) groups is 1. The van der Waals surface area contributed by atoms with Gasteiger partial charge in [0.05, 0.1) is 31.0 Å². The first kappa shape index (κ1) is 20.2. The number of hydrogen-bond acceptors (Lipinski definition) is 10. The van der Waals surface area contributed by atoms with Gasteiger partial charge in [-0.1, -0.05) is 12.2 Å². The highest BCUT2D eigenvalue weighted by molar-refractivity contribution is 5.87. The third-order valence-electron chi connectivity index (χ3n) is 5.15. The summed E-state index contributed by atoms with van der Waals surface area (Å²) in [5.74, 6) is -3.20. The van der Waals surface area contributed by atoms with Crippen molar-refractivity contribution in [2.45, 2.75) is 42.6 Å². The highest BCUT2D eigenvalue weighted by Crippen LogP contribution is 2.45. The second-order valence-electron chi connectivity index (χ2n) is 6.78. The first-order chi connectivity index (χ1) is 12.7. The predicted molar refractivity (Wildman–Crippen MR) is 83.6 cm³/mol. The molecule has 0 bridgehead atoms. The number of ether oxygens (including phenoxy) is 3. The Balaban J connectivity index is 1.84. The molecule has 1 fully saturated rings. The van der Waals surface area contributed by atoms with Gasteiger partial charge in [-0.3, -0.25) is 0 Å². The summed E-state index contributed by atoms with van der Waals surface area (Å²) >= 11 is 0. The summed E-state index contributed by atoms with van der Waals surface area (Å²) < 4.78 is 16.0. The monoisotopic (exact) mass is 390 g/mol. The summed E-state index contributed by atoms with van der Waals surface area (Å²) in [5, 5.41) is 68.4. The van der Waals surface area contributed by atoms with Crippen molar-refractivity contribution < 1.29 is 54.8 Å². The van der Waals surface area contributed by atoms with E-state index in [4.69, 9.17) is 14.2 Å². The lowest BCUT2D eigenvalue weighted by molar-refractivity contribution is -0.346. The number of hydrogen-bond donors (Lipinski definition) is 7. The summed E-state index contributed by atoms with van der Waals surface area (Å²) in [4.78, 5) is 11.4. The number of rotatable bonds is 5. The van der Waals surface area contributed by atoms with Gasteiger partial charge in [0.25, 0.3) is 0 Å². The molecule has 152 valence electrons. The summed E-state index contributed by atoms with van der Waals surface area (Å²) in [6, 6.07) is 0. The molecule has 0 aromatic heterocycles. The summed E-state index contributed by atoms with van der Waals surface area (Å²) in [6.45, 7) is -1.40. The molecule has 3 aliphatic rings. The molecule has 27 heavy (non-hydrogen) atoms. The average molecular weight is 390 g/mol. The molecular formula is C16H22O11. The van der Waals surface area contributed by atoms with E-state index in [0.717, 1.165) is 6.26 Å². The van der Waals surface area contributed by atoms with Crippen molar-refractivity contribution in [3.05, 3.63) is 24.0 Å². The van der Waals surface area contributed by atoms with Crippen molar-refractivity contribution in [1.82, 2.24) is 0 Å². The molecule has 0 aromatic rings. The number of carboxylic acid groups (broad SMARTS) is 1. The van der Waals surface area contributed by atoms with E-state index in [1.165, 1.54) is 12.2 Å². The minimum atomic E-state index is -1.85. The Bertz CT molecular complexity index is 632. The van der Waals surface area contributed by atoms with Crippen LogP contribution in [-0.2, 0) is 19.0 Å². The van der Waals surface area contributed by atoms with Crippen LogP contribution in [0, 0.1) is 11.8 Å². The topological polar surface area (TPSA) is 186 Å². The SMILES string of the molecule is O=C(O)C1=CO[C@H](O[C@H]2O[C@@H](CO)[C@@H](O)[C@@H](O)[C@H]2O)[C@@H]2[C@H]1C=C[C@]2(O)CO. The number of allylic oxidation sites excluding steroid dienone is 1. The second-order valence-corrected chi connectivity index (χ2v) is 6.78. The molecule has 0 saturated carbocycles. The van der Waals surface area contributed by atoms with Crippen LogP contribution in [0.5, 0.6) is 0 Å².